The number of cyclic esters (lactones) is 2. The van der Waals surface area contributed by atoms with E-state index < -0.39 is 17.9 Å². The van der Waals surface area contributed by atoms with Crippen molar-refractivity contribution in [3.05, 3.63) is 10.1 Å². The molecule has 3 nitrogen and oxygen atoms in total. The zero-order chi connectivity index (χ0) is 15.0. The topological polar surface area (TPSA) is 43.4 Å². The molecular weight excluding hydrogens is 299 g/mol. The molecule has 1 aliphatic rings. The minimum Gasteiger partial charge on any atom is -0.393 e. The first-order valence-electron chi connectivity index (χ1n) is 7.34. The van der Waals surface area contributed by atoms with Gasteiger partial charge in [-0.25, -0.2) is 0 Å². The summed E-state index contributed by atoms with van der Waals surface area (Å²) in [5, 5.41) is 0.755. The summed E-state index contributed by atoms with van der Waals surface area (Å²) in [6, 6.07) is 0. The third kappa shape index (κ3) is 5.84. The second-order valence-electron chi connectivity index (χ2n) is 5.17. The molecule has 1 atom stereocenters. The van der Waals surface area contributed by atoms with Crippen LogP contribution in [0.4, 0.5) is 0 Å². The summed E-state index contributed by atoms with van der Waals surface area (Å²) in [7, 11) is 0. The van der Waals surface area contributed by atoms with Crippen LogP contribution in [0.5, 0.6) is 0 Å². The molecule has 0 amide bonds. The van der Waals surface area contributed by atoms with Gasteiger partial charge in [0.15, 0.2) is 0 Å². The van der Waals surface area contributed by atoms with Crippen molar-refractivity contribution in [2.75, 3.05) is 0 Å². The van der Waals surface area contributed by atoms with E-state index in [9.17, 15) is 9.59 Å². The van der Waals surface area contributed by atoms with Crippen molar-refractivity contribution in [2.45, 2.75) is 64.7 Å². The molecule has 0 N–H and O–H groups in total. The molecule has 1 fully saturated rings. The number of rotatable bonds is 9. The molecular formula is C15H22Cl2O3. The molecule has 0 saturated carbocycles. The van der Waals surface area contributed by atoms with Crippen LogP contribution < -0.4 is 0 Å². The number of carbonyl (C=O) groups is 2. The van der Waals surface area contributed by atoms with Crippen molar-refractivity contribution in [2.24, 2.45) is 5.92 Å². The fourth-order valence-corrected chi connectivity index (χ4v) is 2.74. The lowest BCUT2D eigenvalue weighted by Crippen LogP contribution is -2.08. The van der Waals surface area contributed by atoms with Crippen LogP contribution in [-0.2, 0) is 14.3 Å². The van der Waals surface area contributed by atoms with Crippen molar-refractivity contribution in [3.8, 4) is 0 Å². The maximum atomic E-state index is 11.4. The third-order valence-corrected chi connectivity index (χ3v) is 4.42. The Morgan fingerprint density at radius 2 is 1.70 bits per heavy atom. The first-order valence-corrected chi connectivity index (χ1v) is 8.10. The minimum absolute atomic E-state index is 0.00487. The number of carbonyl (C=O) groups excluding carboxylic acids is 2. The summed E-state index contributed by atoms with van der Waals surface area (Å²) in [6.07, 6.45) is 9.02. The highest BCUT2D eigenvalue weighted by Gasteiger charge is 2.36. The normalized spacial score (nSPS) is 20.1. The Morgan fingerprint density at radius 3 is 2.25 bits per heavy atom. The van der Waals surface area contributed by atoms with Gasteiger partial charge in [-0.3, -0.25) is 9.59 Å². The molecule has 1 heterocycles. The lowest BCUT2D eigenvalue weighted by molar-refractivity contribution is -0.152. The van der Waals surface area contributed by atoms with Crippen LogP contribution >= 0.6 is 23.2 Å². The van der Waals surface area contributed by atoms with Crippen LogP contribution in [0.25, 0.3) is 0 Å². The number of allylic oxidation sites excluding steroid dienone is 1. The largest absolute Gasteiger partial charge is 0.393 e. The smallest absolute Gasteiger partial charge is 0.322 e. The summed E-state index contributed by atoms with van der Waals surface area (Å²) in [6.45, 7) is 2.20. The maximum absolute atomic E-state index is 11.4. The second-order valence-corrected chi connectivity index (χ2v) is 6.04. The number of ether oxygens (including phenoxy) is 1. The van der Waals surface area contributed by atoms with Gasteiger partial charge in [0.2, 0.25) is 0 Å². The van der Waals surface area contributed by atoms with Gasteiger partial charge in [-0.15, -0.1) is 0 Å². The number of hydrogen-bond donors (Lipinski definition) is 0. The molecule has 0 aliphatic carbocycles. The van der Waals surface area contributed by atoms with Gasteiger partial charge in [0.25, 0.3) is 0 Å². The average Bonchev–Trinajstić information content (AvgIpc) is 2.75. The number of halogens is 2. The molecule has 5 heteroatoms. The fraction of sp³-hybridized carbons (Fsp3) is 0.733. The monoisotopic (exact) mass is 320 g/mol. The van der Waals surface area contributed by atoms with E-state index in [-0.39, 0.29) is 11.5 Å². The first kappa shape index (κ1) is 17.5. The zero-order valence-corrected chi connectivity index (χ0v) is 13.4. The molecule has 114 valence electrons. The van der Waals surface area contributed by atoms with Gasteiger partial charge in [0, 0.05) is 10.1 Å². The molecule has 0 aromatic carbocycles. The van der Waals surface area contributed by atoms with E-state index in [1.807, 2.05) is 0 Å². The molecule has 0 bridgehead atoms. The predicted octanol–water partition coefficient (Wildman–Crippen LogP) is 4.91. The molecule has 0 spiro atoms. The van der Waals surface area contributed by atoms with E-state index in [0.29, 0.717) is 11.5 Å². The lowest BCUT2D eigenvalue weighted by Gasteiger charge is -2.07. The molecule has 0 radical (unpaired) electrons. The Balaban J connectivity index is 2.26. The van der Waals surface area contributed by atoms with E-state index in [1.165, 1.54) is 32.1 Å². The van der Waals surface area contributed by atoms with Crippen LogP contribution in [-0.4, -0.2) is 11.9 Å². The van der Waals surface area contributed by atoms with Crippen molar-refractivity contribution >= 4 is 35.1 Å². The molecule has 1 saturated heterocycles. The summed E-state index contributed by atoms with van der Waals surface area (Å²) in [5.74, 6) is -1.81. The average molecular weight is 321 g/mol. The SMILES string of the molecule is CCCCCCCCCC(Cl)=C(Cl)C1CC(=O)OC1=O. The third-order valence-electron chi connectivity index (χ3n) is 3.43. The van der Waals surface area contributed by atoms with Crippen molar-refractivity contribution < 1.29 is 14.3 Å². The Bertz CT molecular complexity index is 377. The summed E-state index contributed by atoms with van der Waals surface area (Å²) >= 11 is 12.2. The van der Waals surface area contributed by atoms with Crippen molar-refractivity contribution in [1.82, 2.24) is 0 Å². The molecule has 0 aromatic rings. The van der Waals surface area contributed by atoms with E-state index in [4.69, 9.17) is 23.2 Å². The summed E-state index contributed by atoms with van der Waals surface area (Å²) in [5.41, 5.74) is 0. The Morgan fingerprint density at radius 1 is 1.10 bits per heavy atom. The van der Waals surface area contributed by atoms with Gasteiger partial charge >= 0.3 is 11.9 Å². The van der Waals surface area contributed by atoms with Gasteiger partial charge in [0.1, 0.15) is 5.92 Å². The summed E-state index contributed by atoms with van der Waals surface area (Å²) in [4.78, 5) is 22.4. The first-order chi connectivity index (χ1) is 9.56. The van der Waals surface area contributed by atoms with Gasteiger partial charge in [-0.1, -0.05) is 68.7 Å². The van der Waals surface area contributed by atoms with E-state index >= 15 is 0 Å². The number of hydrogen-bond acceptors (Lipinski definition) is 3. The zero-order valence-electron chi connectivity index (χ0n) is 11.9. The Labute approximate surface area is 130 Å². The molecule has 1 aliphatic heterocycles. The van der Waals surface area contributed by atoms with Crippen LogP contribution in [0.2, 0.25) is 0 Å². The highest BCUT2D eigenvalue weighted by molar-refractivity contribution is 6.40. The van der Waals surface area contributed by atoms with Crippen LogP contribution in [0.3, 0.4) is 0 Å². The Hall–Kier alpha value is -0.540. The van der Waals surface area contributed by atoms with Gasteiger partial charge in [-0.2, -0.15) is 0 Å². The van der Waals surface area contributed by atoms with E-state index in [2.05, 4.69) is 11.7 Å². The lowest BCUT2D eigenvalue weighted by atomic mass is 10.0. The van der Waals surface area contributed by atoms with Gasteiger partial charge in [0.05, 0.1) is 6.42 Å². The molecule has 1 unspecified atom stereocenters. The van der Waals surface area contributed by atoms with E-state index in [0.717, 1.165) is 12.8 Å². The predicted molar refractivity (Wildman–Crippen MR) is 80.5 cm³/mol. The van der Waals surface area contributed by atoms with Crippen LogP contribution in [0.15, 0.2) is 10.1 Å². The standard InChI is InChI=1S/C15H22Cl2O3/c1-2-3-4-5-6-7-8-9-12(16)14(17)11-10-13(18)20-15(11)19/h11H,2-10H2,1H3. The van der Waals surface area contributed by atoms with E-state index in [1.54, 1.807) is 0 Å². The summed E-state index contributed by atoms with van der Waals surface area (Å²) < 4.78 is 4.47. The molecule has 20 heavy (non-hydrogen) atoms. The van der Waals surface area contributed by atoms with Crippen LogP contribution in [0.1, 0.15) is 64.7 Å². The van der Waals surface area contributed by atoms with Gasteiger partial charge in [-0.05, 0) is 12.8 Å². The van der Waals surface area contributed by atoms with Gasteiger partial charge < -0.3 is 4.74 Å². The highest BCUT2D eigenvalue weighted by atomic mass is 35.5. The van der Waals surface area contributed by atoms with Crippen LogP contribution in [0, 0.1) is 5.92 Å². The number of unbranched alkanes of at least 4 members (excludes halogenated alkanes) is 6. The quantitative estimate of drug-likeness (QED) is 0.344. The highest BCUT2D eigenvalue weighted by Crippen LogP contribution is 2.32. The Kier molecular flexibility index (Phi) is 8.24. The van der Waals surface area contributed by atoms with Crippen molar-refractivity contribution in [3.63, 3.8) is 0 Å². The van der Waals surface area contributed by atoms with Crippen molar-refractivity contribution in [1.29, 1.82) is 0 Å². The fourth-order valence-electron chi connectivity index (χ4n) is 2.21. The minimum atomic E-state index is -0.693. The molecule has 0 aromatic heterocycles. The maximum Gasteiger partial charge on any atom is 0.322 e. The number of esters is 2. The second kappa shape index (κ2) is 9.41. The molecule has 1 rings (SSSR count).